The minimum Gasteiger partial charge on any atom is -0.352 e. The molecule has 0 unspecified atom stereocenters. The molecule has 0 saturated carbocycles. The molecule has 1 N–H and O–H groups in total. The van der Waals surface area contributed by atoms with E-state index in [0.29, 0.717) is 10.0 Å². The molecule has 1 atom stereocenters. The van der Waals surface area contributed by atoms with Gasteiger partial charge in [-0.3, -0.25) is 9.59 Å². The molecule has 0 aliphatic carbocycles. The van der Waals surface area contributed by atoms with Gasteiger partial charge in [0.05, 0.1) is 5.75 Å². The van der Waals surface area contributed by atoms with E-state index in [9.17, 15) is 9.59 Å². The molecule has 0 bridgehead atoms. The highest BCUT2D eigenvalue weighted by Gasteiger charge is 2.27. The van der Waals surface area contributed by atoms with Crippen LogP contribution in [0.5, 0.6) is 0 Å². The third kappa shape index (κ3) is 7.25. The lowest BCUT2D eigenvalue weighted by Crippen LogP contribution is -2.49. The number of halogens is 2. The first-order chi connectivity index (χ1) is 13.7. The van der Waals surface area contributed by atoms with Crippen molar-refractivity contribution >= 4 is 46.8 Å². The van der Waals surface area contributed by atoms with Gasteiger partial charge in [0.1, 0.15) is 6.04 Å². The Kier molecular flexibility index (Phi) is 8.87. The van der Waals surface area contributed by atoms with Crippen molar-refractivity contribution < 1.29 is 9.59 Å². The molecule has 0 aliphatic rings. The molecule has 2 aromatic rings. The third-order valence-corrected chi connectivity index (χ3v) is 5.92. The number of hydrogen-bond acceptors (Lipinski definition) is 3. The summed E-state index contributed by atoms with van der Waals surface area (Å²) in [7, 11) is 0. The summed E-state index contributed by atoms with van der Waals surface area (Å²) in [4.78, 5) is 28.2. The van der Waals surface area contributed by atoms with E-state index in [1.165, 1.54) is 17.3 Å². The van der Waals surface area contributed by atoms with Crippen LogP contribution in [0.3, 0.4) is 0 Å². The van der Waals surface area contributed by atoms with Crippen LogP contribution in [-0.2, 0) is 16.1 Å². The number of hydrogen-bond donors (Lipinski definition) is 1. The molecule has 156 valence electrons. The second-order valence-electron chi connectivity index (χ2n) is 7.20. The molecule has 0 fully saturated rings. The number of rotatable bonds is 8. The van der Waals surface area contributed by atoms with Crippen molar-refractivity contribution in [2.75, 3.05) is 5.75 Å². The lowest BCUT2D eigenvalue weighted by atomic mass is 10.1. The third-order valence-electron chi connectivity index (χ3n) is 4.34. The first kappa shape index (κ1) is 23.6. The molecular formula is C22H26Cl2N2O2S. The zero-order chi connectivity index (χ0) is 21.6. The number of amides is 2. The maximum atomic E-state index is 13.1. The lowest BCUT2D eigenvalue weighted by molar-refractivity contribution is -0.138. The molecule has 2 amide bonds. The maximum Gasteiger partial charge on any atom is 0.242 e. The highest BCUT2D eigenvalue weighted by atomic mass is 35.5. The van der Waals surface area contributed by atoms with Crippen molar-refractivity contribution in [3.05, 3.63) is 63.6 Å². The van der Waals surface area contributed by atoms with Crippen molar-refractivity contribution in [2.45, 2.75) is 51.2 Å². The predicted octanol–water partition coefficient (Wildman–Crippen LogP) is 5.34. The molecule has 0 radical (unpaired) electrons. The van der Waals surface area contributed by atoms with Gasteiger partial charge in [0.15, 0.2) is 0 Å². The Morgan fingerprint density at radius 1 is 1.07 bits per heavy atom. The molecule has 0 aromatic heterocycles. The van der Waals surface area contributed by atoms with Crippen molar-refractivity contribution in [1.82, 2.24) is 10.2 Å². The maximum absolute atomic E-state index is 13.1. The van der Waals surface area contributed by atoms with Crippen LogP contribution in [0.2, 0.25) is 10.0 Å². The summed E-state index contributed by atoms with van der Waals surface area (Å²) in [5.74, 6) is -0.0973. The molecule has 2 rings (SSSR count). The standard InChI is InChI=1S/C22H26Cl2N2O2S/c1-14(2)25-22(28)16(4)26(12-17-7-8-18(23)11-20(17)24)21(27)13-29-19-9-5-15(3)6-10-19/h5-11,14,16H,12-13H2,1-4H3,(H,25,28)/t16-/m0/s1. The normalized spacial score (nSPS) is 12.0. The predicted molar refractivity (Wildman–Crippen MR) is 122 cm³/mol. The van der Waals surface area contributed by atoms with Gasteiger partial charge < -0.3 is 10.2 Å². The molecular weight excluding hydrogens is 427 g/mol. The van der Waals surface area contributed by atoms with Crippen molar-refractivity contribution in [3.63, 3.8) is 0 Å². The summed E-state index contributed by atoms with van der Waals surface area (Å²) < 4.78 is 0. The van der Waals surface area contributed by atoms with Gasteiger partial charge in [0.25, 0.3) is 0 Å². The summed E-state index contributed by atoms with van der Waals surface area (Å²) in [5.41, 5.74) is 1.91. The molecule has 29 heavy (non-hydrogen) atoms. The van der Waals surface area contributed by atoms with Crippen LogP contribution in [0.25, 0.3) is 0 Å². The summed E-state index contributed by atoms with van der Waals surface area (Å²) in [6.45, 7) is 7.76. The van der Waals surface area contributed by atoms with Crippen molar-refractivity contribution in [2.24, 2.45) is 0 Å². The van der Waals surface area contributed by atoms with Gasteiger partial charge in [0, 0.05) is 27.5 Å². The zero-order valence-corrected chi connectivity index (χ0v) is 19.4. The molecule has 0 heterocycles. The number of carbonyl (C=O) groups is 2. The molecule has 0 saturated heterocycles. The van der Waals surface area contributed by atoms with Crippen molar-refractivity contribution in [3.8, 4) is 0 Å². The highest BCUT2D eigenvalue weighted by molar-refractivity contribution is 8.00. The first-order valence-electron chi connectivity index (χ1n) is 9.40. The molecule has 0 spiro atoms. The molecule has 0 aliphatic heterocycles. The number of thioether (sulfide) groups is 1. The number of carbonyl (C=O) groups excluding carboxylic acids is 2. The smallest absolute Gasteiger partial charge is 0.242 e. The Hall–Kier alpha value is -1.69. The van der Waals surface area contributed by atoms with Crippen LogP contribution in [-0.4, -0.2) is 34.6 Å². The second kappa shape index (κ2) is 10.9. The van der Waals surface area contributed by atoms with E-state index in [1.54, 1.807) is 30.0 Å². The minimum absolute atomic E-state index is 0.0112. The van der Waals surface area contributed by atoms with Gasteiger partial charge in [0.2, 0.25) is 11.8 Å². The van der Waals surface area contributed by atoms with Crippen LogP contribution in [0, 0.1) is 6.92 Å². The number of aryl methyl sites for hydroxylation is 1. The van der Waals surface area contributed by atoms with E-state index in [1.807, 2.05) is 45.0 Å². The Morgan fingerprint density at radius 3 is 2.31 bits per heavy atom. The SMILES string of the molecule is Cc1ccc(SCC(=O)N(Cc2ccc(Cl)cc2Cl)[C@@H](C)C(=O)NC(C)C)cc1. The van der Waals surface area contributed by atoms with Crippen LogP contribution in [0.4, 0.5) is 0 Å². The zero-order valence-electron chi connectivity index (χ0n) is 17.0. The highest BCUT2D eigenvalue weighted by Crippen LogP contribution is 2.25. The van der Waals surface area contributed by atoms with E-state index in [-0.39, 0.29) is 30.2 Å². The Morgan fingerprint density at radius 2 is 1.72 bits per heavy atom. The van der Waals surface area contributed by atoms with Gasteiger partial charge in [-0.05, 0) is 57.5 Å². The van der Waals surface area contributed by atoms with Gasteiger partial charge in [-0.1, -0.05) is 47.0 Å². The fourth-order valence-electron chi connectivity index (χ4n) is 2.68. The van der Waals surface area contributed by atoms with E-state index >= 15 is 0 Å². The summed E-state index contributed by atoms with van der Waals surface area (Å²) in [6.07, 6.45) is 0. The fraction of sp³-hybridized carbons (Fsp3) is 0.364. The Labute approximate surface area is 187 Å². The van der Waals surface area contributed by atoms with E-state index in [4.69, 9.17) is 23.2 Å². The van der Waals surface area contributed by atoms with Crippen LogP contribution < -0.4 is 5.32 Å². The monoisotopic (exact) mass is 452 g/mol. The van der Waals surface area contributed by atoms with Gasteiger partial charge >= 0.3 is 0 Å². The fourth-order valence-corrected chi connectivity index (χ4v) is 3.94. The first-order valence-corrected chi connectivity index (χ1v) is 11.1. The Balaban J connectivity index is 2.18. The minimum atomic E-state index is -0.629. The van der Waals surface area contributed by atoms with Crippen molar-refractivity contribution in [1.29, 1.82) is 0 Å². The van der Waals surface area contributed by atoms with E-state index in [2.05, 4.69) is 5.32 Å². The summed E-state index contributed by atoms with van der Waals surface area (Å²) in [6, 6.07) is 12.5. The molecule has 4 nitrogen and oxygen atoms in total. The van der Waals surface area contributed by atoms with Crippen LogP contribution in [0.1, 0.15) is 31.9 Å². The topological polar surface area (TPSA) is 49.4 Å². The van der Waals surface area contributed by atoms with E-state index in [0.717, 1.165) is 10.5 Å². The number of benzene rings is 2. The molecule has 7 heteroatoms. The number of nitrogens with zero attached hydrogens (tertiary/aromatic N) is 1. The second-order valence-corrected chi connectivity index (χ2v) is 9.09. The quantitative estimate of drug-likeness (QED) is 0.550. The average molecular weight is 453 g/mol. The van der Waals surface area contributed by atoms with Gasteiger partial charge in [-0.25, -0.2) is 0 Å². The van der Waals surface area contributed by atoms with Crippen LogP contribution in [0.15, 0.2) is 47.4 Å². The summed E-state index contributed by atoms with van der Waals surface area (Å²) >= 11 is 13.7. The summed E-state index contributed by atoms with van der Waals surface area (Å²) in [5, 5.41) is 3.87. The number of nitrogens with one attached hydrogen (secondary N) is 1. The average Bonchev–Trinajstić information content (AvgIpc) is 2.65. The van der Waals surface area contributed by atoms with Gasteiger partial charge in [-0.15, -0.1) is 11.8 Å². The van der Waals surface area contributed by atoms with Gasteiger partial charge in [-0.2, -0.15) is 0 Å². The lowest BCUT2D eigenvalue weighted by Gasteiger charge is -2.29. The van der Waals surface area contributed by atoms with Crippen LogP contribution >= 0.6 is 35.0 Å². The largest absolute Gasteiger partial charge is 0.352 e. The molecule has 2 aromatic carbocycles. The Bertz CT molecular complexity index is 856. The van der Waals surface area contributed by atoms with E-state index < -0.39 is 6.04 Å².